The topological polar surface area (TPSA) is 141 Å². The Kier molecular flexibility index (Phi) is 6.11. The number of nitrogens with one attached hydrogen (secondary N) is 2. The molecule has 0 aliphatic rings. The number of nitro groups is 1. The van der Waals surface area contributed by atoms with Crippen LogP contribution in [-0.4, -0.2) is 47.0 Å². The van der Waals surface area contributed by atoms with Gasteiger partial charge in [0.1, 0.15) is 0 Å². The van der Waals surface area contributed by atoms with E-state index < -0.39 is 22.4 Å². The van der Waals surface area contributed by atoms with Gasteiger partial charge in [-0.2, -0.15) is 0 Å². The molecule has 1 amide bonds. The molecule has 144 valence electrons. The zero-order chi connectivity index (χ0) is 20.0. The van der Waals surface area contributed by atoms with Crippen LogP contribution < -0.4 is 5.32 Å². The number of non-ortho nitro benzene ring substituents is 1. The summed E-state index contributed by atoms with van der Waals surface area (Å²) in [6.07, 6.45) is 1.42. The lowest BCUT2D eigenvalue weighted by molar-refractivity contribution is -0.384. The van der Waals surface area contributed by atoms with Gasteiger partial charge >= 0.3 is 11.9 Å². The number of ether oxygens (including phenoxy) is 2. The lowest BCUT2D eigenvalue weighted by Gasteiger charge is -2.28. The minimum atomic E-state index is -2.10. The van der Waals surface area contributed by atoms with Gasteiger partial charge in [0, 0.05) is 35.7 Å². The predicted octanol–water partition coefficient (Wildman–Crippen LogP) is 1.23. The van der Waals surface area contributed by atoms with E-state index in [1.165, 1.54) is 24.4 Å². The summed E-state index contributed by atoms with van der Waals surface area (Å²) in [6, 6.07) is 4.17. The summed E-state index contributed by atoms with van der Waals surface area (Å²) in [5, 5.41) is 13.7. The third-order valence-corrected chi connectivity index (χ3v) is 3.97. The van der Waals surface area contributed by atoms with Gasteiger partial charge in [-0.15, -0.1) is 0 Å². The average molecular weight is 377 g/mol. The molecule has 0 aliphatic heterocycles. The van der Waals surface area contributed by atoms with Gasteiger partial charge in [0.25, 0.3) is 5.69 Å². The van der Waals surface area contributed by atoms with Gasteiger partial charge in [0.2, 0.25) is 11.9 Å². The van der Waals surface area contributed by atoms with Crippen LogP contribution in [0.4, 0.5) is 5.69 Å². The maximum atomic E-state index is 12.5. The molecule has 27 heavy (non-hydrogen) atoms. The molecule has 0 unspecified atom stereocenters. The van der Waals surface area contributed by atoms with Crippen molar-refractivity contribution < 1.29 is 28.8 Å². The van der Waals surface area contributed by atoms with E-state index in [4.69, 9.17) is 9.47 Å². The van der Waals surface area contributed by atoms with E-state index in [9.17, 15) is 24.5 Å². The highest BCUT2D eigenvalue weighted by molar-refractivity contribution is 6.07. The number of carbonyl (C=O) groups is 3. The maximum Gasteiger partial charge on any atom is 0.344 e. The normalized spacial score (nSPS) is 11.0. The Morgan fingerprint density at radius 1 is 1.26 bits per heavy atom. The lowest BCUT2D eigenvalue weighted by Crippen LogP contribution is -2.60. The number of H-pyrrole nitrogens is 1. The summed E-state index contributed by atoms with van der Waals surface area (Å²) >= 11 is 0. The van der Waals surface area contributed by atoms with Crippen LogP contribution in [0.5, 0.6) is 0 Å². The number of hydrogen-bond acceptors (Lipinski definition) is 7. The minimum Gasteiger partial charge on any atom is -0.464 e. The average Bonchev–Trinajstić information content (AvgIpc) is 3.03. The van der Waals surface area contributed by atoms with E-state index in [0.717, 1.165) is 0 Å². The van der Waals surface area contributed by atoms with Crippen LogP contribution in [0, 0.1) is 10.1 Å². The molecule has 10 heteroatoms. The predicted molar refractivity (Wildman–Crippen MR) is 93.9 cm³/mol. The quantitative estimate of drug-likeness (QED) is 0.220. The van der Waals surface area contributed by atoms with E-state index in [0.29, 0.717) is 16.5 Å². The number of aromatic nitrogens is 1. The first-order valence-corrected chi connectivity index (χ1v) is 8.19. The number of carbonyl (C=O) groups excluding carboxylic acids is 3. The van der Waals surface area contributed by atoms with Crippen molar-refractivity contribution in [1.82, 2.24) is 10.3 Å². The summed E-state index contributed by atoms with van der Waals surface area (Å²) < 4.78 is 9.94. The van der Waals surface area contributed by atoms with Crippen LogP contribution in [0.1, 0.15) is 19.4 Å². The van der Waals surface area contributed by atoms with Crippen LogP contribution in [0.25, 0.3) is 10.9 Å². The highest BCUT2D eigenvalue weighted by Gasteiger charge is 2.49. The van der Waals surface area contributed by atoms with Gasteiger partial charge in [-0.1, -0.05) is 0 Å². The third-order valence-electron chi connectivity index (χ3n) is 3.97. The zero-order valence-corrected chi connectivity index (χ0v) is 14.8. The molecule has 1 aromatic heterocycles. The lowest BCUT2D eigenvalue weighted by atomic mass is 9.90. The van der Waals surface area contributed by atoms with Crippen molar-refractivity contribution >= 4 is 34.9 Å². The van der Waals surface area contributed by atoms with Crippen LogP contribution in [0.3, 0.4) is 0 Å². The zero-order valence-electron chi connectivity index (χ0n) is 14.8. The molecule has 10 nitrogen and oxygen atoms in total. The Morgan fingerprint density at radius 3 is 2.41 bits per heavy atom. The number of aromatic amines is 1. The molecule has 0 bridgehead atoms. The first-order chi connectivity index (χ1) is 12.9. The summed E-state index contributed by atoms with van der Waals surface area (Å²) in [5.74, 6) is -1.95. The molecule has 1 heterocycles. The number of nitrogens with zero attached hydrogens (tertiary/aromatic N) is 1. The third kappa shape index (κ3) is 3.89. The molecule has 2 N–H and O–H groups in total. The van der Waals surface area contributed by atoms with Crippen molar-refractivity contribution in [2.24, 2.45) is 0 Å². The maximum absolute atomic E-state index is 12.5. The molecule has 0 spiro atoms. The SMILES string of the molecule is CCOC(=O)C(Cc1c[nH]c2ccc([N+](=O)[O-])cc12)(NC=O)C(=O)OCC. The molecule has 0 radical (unpaired) electrons. The van der Waals surface area contributed by atoms with Crippen molar-refractivity contribution in [3.8, 4) is 0 Å². The minimum absolute atomic E-state index is 0.0140. The van der Waals surface area contributed by atoms with E-state index in [-0.39, 0.29) is 31.7 Å². The second kappa shape index (κ2) is 8.30. The fraction of sp³-hybridized carbons (Fsp3) is 0.353. The molecular weight excluding hydrogens is 358 g/mol. The highest BCUT2D eigenvalue weighted by atomic mass is 16.6. The Labute approximate surface area is 154 Å². The number of amides is 1. The number of rotatable bonds is 9. The Balaban J connectivity index is 2.56. The fourth-order valence-electron chi connectivity index (χ4n) is 2.72. The molecule has 2 rings (SSSR count). The van der Waals surface area contributed by atoms with Crippen molar-refractivity contribution in [2.45, 2.75) is 25.8 Å². The van der Waals surface area contributed by atoms with Crippen molar-refractivity contribution in [1.29, 1.82) is 0 Å². The first-order valence-electron chi connectivity index (χ1n) is 8.19. The van der Waals surface area contributed by atoms with Crippen LogP contribution in [0.15, 0.2) is 24.4 Å². The van der Waals surface area contributed by atoms with Gasteiger partial charge in [-0.05, 0) is 25.5 Å². The summed E-state index contributed by atoms with van der Waals surface area (Å²) in [4.78, 5) is 49.6. The molecule has 0 saturated carbocycles. The summed E-state index contributed by atoms with van der Waals surface area (Å²) in [5.41, 5.74) is -1.27. The van der Waals surface area contributed by atoms with Crippen LogP contribution >= 0.6 is 0 Å². The first kappa shape index (κ1) is 19.9. The Bertz CT molecular complexity index is 857. The molecular formula is C17H19N3O7. The molecule has 1 aromatic carbocycles. The number of esters is 2. The molecule has 2 aromatic rings. The smallest absolute Gasteiger partial charge is 0.344 e. The Morgan fingerprint density at radius 2 is 1.89 bits per heavy atom. The van der Waals surface area contributed by atoms with Gasteiger partial charge in [-0.3, -0.25) is 14.9 Å². The van der Waals surface area contributed by atoms with E-state index in [2.05, 4.69) is 10.3 Å². The number of nitro benzene ring substituents is 1. The monoisotopic (exact) mass is 377 g/mol. The number of hydrogen-bond donors (Lipinski definition) is 2. The van der Waals surface area contributed by atoms with Crippen LogP contribution in [-0.2, 0) is 30.3 Å². The second-order valence-corrected chi connectivity index (χ2v) is 5.59. The van der Waals surface area contributed by atoms with Gasteiger partial charge < -0.3 is 19.8 Å². The van der Waals surface area contributed by atoms with E-state index >= 15 is 0 Å². The second-order valence-electron chi connectivity index (χ2n) is 5.59. The van der Waals surface area contributed by atoms with Gasteiger partial charge in [0.05, 0.1) is 18.1 Å². The van der Waals surface area contributed by atoms with E-state index in [1.807, 2.05) is 0 Å². The molecule has 0 atom stereocenters. The summed E-state index contributed by atoms with van der Waals surface area (Å²) in [7, 11) is 0. The number of fused-ring (bicyclic) bond motifs is 1. The molecule has 0 aliphatic carbocycles. The van der Waals surface area contributed by atoms with Gasteiger partial charge in [-0.25, -0.2) is 9.59 Å². The van der Waals surface area contributed by atoms with E-state index in [1.54, 1.807) is 13.8 Å². The standard InChI is InChI=1S/C17H19N3O7/c1-3-26-15(22)17(19-10-21,16(23)27-4-2)8-11-9-18-14-6-5-12(20(24)25)7-13(11)14/h5-7,9-10,18H,3-4,8H2,1-2H3,(H,19,21). The van der Waals surface area contributed by atoms with Crippen LogP contribution in [0.2, 0.25) is 0 Å². The molecule has 0 saturated heterocycles. The van der Waals surface area contributed by atoms with Crippen molar-refractivity contribution in [2.75, 3.05) is 13.2 Å². The number of benzene rings is 1. The van der Waals surface area contributed by atoms with Crippen molar-refractivity contribution in [3.05, 3.63) is 40.1 Å². The molecule has 0 fully saturated rings. The van der Waals surface area contributed by atoms with Crippen molar-refractivity contribution in [3.63, 3.8) is 0 Å². The summed E-state index contributed by atoms with van der Waals surface area (Å²) in [6.45, 7) is 3.09. The Hall–Kier alpha value is -3.43. The highest BCUT2D eigenvalue weighted by Crippen LogP contribution is 2.27. The fourth-order valence-corrected chi connectivity index (χ4v) is 2.72. The largest absolute Gasteiger partial charge is 0.464 e. The van der Waals surface area contributed by atoms with Gasteiger partial charge in [0.15, 0.2) is 0 Å².